The third-order valence-corrected chi connectivity index (χ3v) is 4.71. The van der Waals surface area contributed by atoms with Crippen LogP contribution < -0.4 is 0 Å². The Morgan fingerprint density at radius 1 is 1.00 bits per heavy atom. The first kappa shape index (κ1) is 20.0. The maximum Gasteiger partial charge on any atom is 0.313 e. The van der Waals surface area contributed by atoms with E-state index in [0.29, 0.717) is 0 Å². The number of hydrogen-bond donors (Lipinski definition) is 0. The summed E-state index contributed by atoms with van der Waals surface area (Å²) in [5.41, 5.74) is 0. The Hall–Kier alpha value is -1.06. The van der Waals surface area contributed by atoms with E-state index in [9.17, 15) is 9.59 Å². The fourth-order valence-corrected chi connectivity index (χ4v) is 3.27. The summed E-state index contributed by atoms with van der Waals surface area (Å²) < 4.78 is 10.00. The van der Waals surface area contributed by atoms with Crippen molar-refractivity contribution in [3.8, 4) is 0 Å². The molecular formula is C19H34O4. The summed E-state index contributed by atoms with van der Waals surface area (Å²) in [6, 6.07) is 0. The zero-order chi connectivity index (χ0) is 16.9. The van der Waals surface area contributed by atoms with Gasteiger partial charge in [0.1, 0.15) is 12.0 Å². The maximum atomic E-state index is 11.6. The molecule has 0 aromatic rings. The minimum Gasteiger partial charge on any atom is -0.469 e. The van der Waals surface area contributed by atoms with Gasteiger partial charge in [0.25, 0.3) is 0 Å². The second-order valence-corrected chi connectivity index (χ2v) is 6.69. The molecule has 1 fully saturated rings. The number of methoxy groups -OCH3 is 1. The monoisotopic (exact) mass is 326 g/mol. The first-order valence-electron chi connectivity index (χ1n) is 9.46. The fourth-order valence-electron chi connectivity index (χ4n) is 3.27. The van der Waals surface area contributed by atoms with Crippen LogP contribution in [0.25, 0.3) is 0 Å². The molecule has 0 N–H and O–H groups in total. The minimum atomic E-state index is -0.393. The molecule has 0 aromatic carbocycles. The van der Waals surface area contributed by atoms with Crippen LogP contribution in [0.15, 0.2) is 0 Å². The van der Waals surface area contributed by atoms with Crippen molar-refractivity contribution >= 4 is 11.9 Å². The normalized spacial score (nSPS) is 20.5. The van der Waals surface area contributed by atoms with Gasteiger partial charge in [-0.25, -0.2) is 0 Å². The molecule has 0 bridgehead atoms. The Labute approximate surface area is 141 Å². The van der Waals surface area contributed by atoms with Gasteiger partial charge in [-0.05, 0) is 12.8 Å². The van der Waals surface area contributed by atoms with Gasteiger partial charge in [0.2, 0.25) is 0 Å². The predicted octanol–water partition coefficient (Wildman–Crippen LogP) is 4.79. The van der Waals surface area contributed by atoms with Crippen LogP contribution in [0.3, 0.4) is 0 Å². The average Bonchev–Trinajstić information content (AvgIpc) is 2.92. The van der Waals surface area contributed by atoms with Crippen molar-refractivity contribution in [2.75, 3.05) is 7.11 Å². The van der Waals surface area contributed by atoms with Crippen LogP contribution in [0.4, 0.5) is 0 Å². The van der Waals surface area contributed by atoms with Gasteiger partial charge < -0.3 is 9.47 Å². The summed E-state index contributed by atoms with van der Waals surface area (Å²) in [6.07, 6.45) is 14.9. The van der Waals surface area contributed by atoms with E-state index in [1.165, 1.54) is 64.9 Å². The molecule has 4 nitrogen and oxygen atoms in total. The molecule has 1 aliphatic rings. The van der Waals surface area contributed by atoms with Gasteiger partial charge in [0.05, 0.1) is 13.5 Å². The molecule has 0 aliphatic carbocycles. The molecule has 2 atom stereocenters. The number of esters is 2. The second kappa shape index (κ2) is 12.4. The maximum absolute atomic E-state index is 11.6. The number of hydrogen-bond acceptors (Lipinski definition) is 4. The topological polar surface area (TPSA) is 52.6 Å². The highest BCUT2D eigenvalue weighted by Crippen LogP contribution is 2.27. The Morgan fingerprint density at radius 3 is 2.04 bits per heavy atom. The van der Waals surface area contributed by atoms with Crippen LogP contribution in [-0.4, -0.2) is 25.2 Å². The van der Waals surface area contributed by atoms with Crippen LogP contribution in [0.1, 0.15) is 90.4 Å². The van der Waals surface area contributed by atoms with Crippen molar-refractivity contribution in [2.45, 2.75) is 96.5 Å². The van der Waals surface area contributed by atoms with Crippen LogP contribution >= 0.6 is 0 Å². The lowest BCUT2D eigenvalue weighted by Crippen LogP contribution is -2.25. The second-order valence-electron chi connectivity index (χ2n) is 6.69. The van der Waals surface area contributed by atoms with Crippen LogP contribution in [0.5, 0.6) is 0 Å². The summed E-state index contributed by atoms with van der Waals surface area (Å²) >= 11 is 0. The van der Waals surface area contributed by atoms with Gasteiger partial charge in [-0.1, -0.05) is 71.1 Å². The fraction of sp³-hybridized carbons (Fsp3) is 0.895. The molecule has 1 saturated heterocycles. The van der Waals surface area contributed by atoms with E-state index in [4.69, 9.17) is 9.47 Å². The largest absolute Gasteiger partial charge is 0.469 e. The molecule has 1 aliphatic heterocycles. The van der Waals surface area contributed by atoms with E-state index < -0.39 is 5.92 Å². The summed E-state index contributed by atoms with van der Waals surface area (Å²) in [6.45, 7) is 2.25. The van der Waals surface area contributed by atoms with Crippen LogP contribution in [0.2, 0.25) is 0 Å². The lowest BCUT2D eigenvalue weighted by atomic mass is 9.96. The van der Waals surface area contributed by atoms with E-state index in [2.05, 4.69) is 6.92 Å². The molecule has 0 radical (unpaired) electrons. The number of ether oxygens (including phenoxy) is 2. The number of unbranched alkanes of at least 4 members (excludes halogenated alkanes) is 10. The van der Waals surface area contributed by atoms with Crippen molar-refractivity contribution in [3.05, 3.63) is 0 Å². The summed E-state index contributed by atoms with van der Waals surface area (Å²) in [7, 11) is 1.37. The molecule has 0 aromatic heterocycles. The number of carbonyl (C=O) groups is 2. The third kappa shape index (κ3) is 8.38. The van der Waals surface area contributed by atoms with Gasteiger partial charge in [-0.15, -0.1) is 0 Å². The van der Waals surface area contributed by atoms with Crippen molar-refractivity contribution in [2.24, 2.45) is 5.92 Å². The number of rotatable bonds is 13. The molecule has 0 saturated carbocycles. The first-order chi connectivity index (χ1) is 11.2. The third-order valence-electron chi connectivity index (χ3n) is 4.71. The van der Waals surface area contributed by atoms with Crippen molar-refractivity contribution in [3.63, 3.8) is 0 Å². The average molecular weight is 326 g/mol. The summed E-state index contributed by atoms with van der Waals surface area (Å²) in [5, 5.41) is 0. The first-order valence-corrected chi connectivity index (χ1v) is 9.46. The predicted molar refractivity (Wildman–Crippen MR) is 91.1 cm³/mol. The Kier molecular flexibility index (Phi) is 10.8. The van der Waals surface area contributed by atoms with Crippen molar-refractivity contribution in [1.29, 1.82) is 0 Å². The Balaban J connectivity index is 1.98. The molecule has 4 heteroatoms. The smallest absolute Gasteiger partial charge is 0.313 e. The number of carbonyl (C=O) groups excluding carboxylic acids is 2. The highest BCUT2D eigenvalue weighted by molar-refractivity contribution is 5.83. The lowest BCUT2D eigenvalue weighted by molar-refractivity contribution is -0.147. The van der Waals surface area contributed by atoms with E-state index in [1.807, 2.05) is 0 Å². The minimum absolute atomic E-state index is 0.176. The molecular weight excluding hydrogens is 292 g/mol. The van der Waals surface area contributed by atoms with Gasteiger partial charge in [-0.3, -0.25) is 9.59 Å². The van der Waals surface area contributed by atoms with Crippen LogP contribution in [0, 0.1) is 5.92 Å². The van der Waals surface area contributed by atoms with E-state index in [-0.39, 0.29) is 24.5 Å². The van der Waals surface area contributed by atoms with Gasteiger partial charge >= 0.3 is 11.9 Å². The molecule has 0 spiro atoms. The van der Waals surface area contributed by atoms with Gasteiger partial charge in [-0.2, -0.15) is 0 Å². The van der Waals surface area contributed by atoms with Gasteiger partial charge in [0.15, 0.2) is 0 Å². The molecule has 1 unspecified atom stereocenters. The SMILES string of the molecule is CCCCCCCCCCCCC[C@@H]1OC(=O)CC1C(=O)OC. The molecule has 23 heavy (non-hydrogen) atoms. The lowest BCUT2D eigenvalue weighted by Gasteiger charge is -2.15. The van der Waals surface area contributed by atoms with E-state index >= 15 is 0 Å². The molecule has 1 heterocycles. The van der Waals surface area contributed by atoms with Crippen molar-refractivity contribution in [1.82, 2.24) is 0 Å². The van der Waals surface area contributed by atoms with Gasteiger partial charge in [0, 0.05) is 0 Å². The summed E-state index contributed by atoms with van der Waals surface area (Å²) in [4.78, 5) is 23.0. The zero-order valence-corrected chi connectivity index (χ0v) is 15.0. The standard InChI is InChI=1S/C19H34O4/c1-3-4-5-6-7-8-9-10-11-12-13-14-17-16(19(21)22-2)15-18(20)23-17/h16-17H,3-15H2,1-2H3/t16?,17-/m0/s1. The highest BCUT2D eigenvalue weighted by Gasteiger charge is 2.39. The zero-order valence-electron chi connectivity index (χ0n) is 15.0. The van der Waals surface area contributed by atoms with Crippen LogP contribution in [-0.2, 0) is 19.1 Å². The van der Waals surface area contributed by atoms with E-state index in [0.717, 1.165) is 19.3 Å². The summed E-state index contributed by atoms with van der Waals surface area (Å²) in [5.74, 6) is -0.979. The molecule has 1 rings (SSSR count). The molecule has 0 amide bonds. The number of cyclic esters (lactones) is 1. The van der Waals surface area contributed by atoms with Crippen molar-refractivity contribution < 1.29 is 19.1 Å². The Morgan fingerprint density at radius 2 is 1.52 bits per heavy atom. The molecule has 134 valence electrons. The quantitative estimate of drug-likeness (QED) is 0.360. The highest BCUT2D eigenvalue weighted by atomic mass is 16.6. The Bertz CT molecular complexity index is 340. The van der Waals surface area contributed by atoms with E-state index in [1.54, 1.807) is 0 Å².